The van der Waals surface area contributed by atoms with Gasteiger partial charge in [0.1, 0.15) is 18.2 Å². The van der Waals surface area contributed by atoms with Gasteiger partial charge >= 0.3 is 0 Å². The van der Waals surface area contributed by atoms with Crippen LogP contribution in [0.2, 0.25) is 0 Å². The Kier molecular flexibility index (Phi) is 6.28. The molecule has 1 amide bonds. The predicted molar refractivity (Wildman–Crippen MR) is 118 cm³/mol. The molecule has 0 saturated carbocycles. The molecule has 1 heterocycles. The van der Waals surface area contributed by atoms with E-state index in [4.69, 9.17) is 4.74 Å². The molecule has 1 fully saturated rings. The van der Waals surface area contributed by atoms with Crippen LogP contribution in [0.25, 0.3) is 0 Å². The summed E-state index contributed by atoms with van der Waals surface area (Å²) in [4.78, 5) is 15.4. The number of carbonyl (C=O) groups excluding carboxylic acids is 1. The van der Waals surface area contributed by atoms with Gasteiger partial charge in [-0.3, -0.25) is 4.79 Å². The normalized spacial score (nSPS) is 13.7. The van der Waals surface area contributed by atoms with Crippen molar-refractivity contribution in [3.63, 3.8) is 0 Å². The van der Waals surface area contributed by atoms with E-state index in [0.717, 1.165) is 30.0 Å². The van der Waals surface area contributed by atoms with E-state index in [1.807, 2.05) is 30.3 Å². The summed E-state index contributed by atoms with van der Waals surface area (Å²) in [5, 5.41) is 3.06. The van der Waals surface area contributed by atoms with Crippen LogP contribution in [0.15, 0.2) is 72.8 Å². The van der Waals surface area contributed by atoms with Gasteiger partial charge in [0.2, 0.25) is 0 Å². The number of halogens is 1. The Balaban J connectivity index is 1.50. The van der Waals surface area contributed by atoms with Crippen LogP contribution in [0.3, 0.4) is 0 Å². The van der Waals surface area contributed by atoms with E-state index in [-0.39, 0.29) is 18.3 Å². The summed E-state index contributed by atoms with van der Waals surface area (Å²) in [6.07, 6.45) is 3.59. The zero-order chi connectivity index (χ0) is 20.8. The first-order chi connectivity index (χ1) is 14.7. The number of carbonyl (C=O) groups is 1. The van der Waals surface area contributed by atoms with Crippen molar-refractivity contribution in [1.82, 2.24) is 0 Å². The minimum atomic E-state index is -0.286. The van der Waals surface area contributed by atoms with E-state index >= 15 is 0 Å². The number of ether oxygens (including phenoxy) is 1. The summed E-state index contributed by atoms with van der Waals surface area (Å²) in [7, 11) is 0. The molecule has 0 atom stereocenters. The van der Waals surface area contributed by atoms with Crippen molar-refractivity contribution >= 4 is 17.3 Å². The standard InChI is InChI=1S/C25H25FN2O2/c26-20-14-12-19(13-15-20)18-30-24-11-5-2-8-21(24)25(29)27-22-9-3-4-10-23(22)28-16-6-1-7-17-28/h2-5,8-15H,1,6-7,16-18H2,(H,27,29). The maximum atomic E-state index is 13.1. The highest BCUT2D eigenvalue weighted by Crippen LogP contribution is 2.29. The van der Waals surface area contributed by atoms with Crippen molar-refractivity contribution in [3.8, 4) is 5.75 Å². The molecular weight excluding hydrogens is 379 g/mol. The van der Waals surface area contributed by atoms with Crippen molar-refractivity contribution in [2.75, 3.05) is 23.3 Å². The number of piperidine rings is 1. The van der Waals surface area contributed by atoms with Gasteiger partial charge in [-0.05, 0) is 61.2 Å². The molecule has 5 heteroatoms. The van der Waals surface area contributed by atoms with E-state index in [0.29, 0.717) is 11.3 Å². The molecule has 4 rings (SSSR count). The molecule has 0 spiro atoms. The molecule has 154 valence electrons. The van der Waals surface area contributed by atoms with Crippen molar-refractivity contribution in [2.24, 2.45) is 0 Å². The van der Waals surface area contributed by atoms with E-state index in [2.05, 4.69) is 16.3 Å². The zero-order valence-corrected chi connectivity index (χ0v) is 16.8. The lowest BCUT2D eigenvalue weighted by molar-refractivity contribution is 0.102. The van der Waals surface area contributed by atoms with Gasteiger partial charge in [0, 0.05) is 13.1 Å². The average molecular weight is 404 g/mol. The first-order valence-corrected chi connectivity index (χ1v) is 10.3. The molecule has 30 heavy (non-hydrogen) atoms. The minimum absolute atomic E-state index is 0.214. The number of para-hydroxylation sites is 3. The van der Waals surface area contributed by atoms with E-state index < -0.39 is 0 Å². The smallest absolute Gasteiger partial charge is 0.259 e. The summed E-state index contributed by atoms with van der Waals surface area (Å²) >= 11 is 0. The van der Waals surface area contributed by atoms with Crippen LogP contribution in [0, 0.1) is 5.82 Å². The fourth-order valence-corrected chi connectivity index (χ4v) is 3.70. The van der Waals surface area contributed by atoms with Crippen LogP contribution in [0.4, 0.5) is 15.8 Å². The quantitative estimate of drug-likeness (QED) is 0.577. The molecule has 0 aliphatic carbocycles. The highest BCUT2D eigenvalue weighted by atomic mass is 19.1. The van der Waals surface area contributed by atoms with E-state index in [1.165, 1.54) is 31.4 Å². The van der Waals surface area contributed by atoms with Gasteiger partial charge in [-0.1, -0.05) is 36.4 Å². The fourth-order valence-electron chi connectivity index (χ4n) is 3.70. The molecule has 1 saturated heterocycles. The fraction of sp³-hybridized carbons (Fsp3) is 0.240. The first-order valence-electron chi connectivity index (χ1n) is 10.3. The second-order valence-electron chi connectivity index (χ2n) is 7.43. The summed E-state index contributed by atoms with van der Waals surface area (Å²) in [5.74, 6) is -0.00478. The van der Waals surface area contributed by atoms with E-state index in [1.54, 1.807) is 24.3 Å². The van der Waals surface area contributed by atoms with Crippen molar-refractivity contribution in [1.29, 1.82) is 0 Å². The number of benzene rings is 3. The molecular formula is C25H25FN2O2. The molecule has 1 aliphatic heterocycles. The third kappa shape index (κ3) is 4.79. The highest BCUT2D eigenvalue weighted by molar-refractivity contribution is 6.07. The second kappa shape index (κ2) is 9.44. The number of hydrogen-bond donors (Lipinski definition) is 1. The molecule has 1 N–H and O–H groups in total. The molecule has 4 nitrogen and oxygen atoms in total. The van der Waals surface area contributed by atoms with Gasteiger partial charge in [0.05, 0.1) is 16.9 Å². The number of rotatable bonds is 6. The summed E-state index contributed by atoms with van der Waals surface area (Å²) in [6.45, 7) is 2.27. The van der Waals surface area contributed by atoms with Crippen LogP contribution in [-0.2, 0) is 6.61 Å². The lowest BCUT2D eigenvalue weighted by Crippen LogP contribution is -2.30. The molecule has 1 aliphatic rings. The monoisotopic (exact) mass is 404 g/mol. The van der Waals surface area contributed by atoms with Gasteiger partial charge < -0.3 is 15.0 Å². The Morgan fingerprint density at radius 2 is 1.60 bits per heavy atom. The third-order valence-electron chi connectivity index (χ3n) is 5.29. The first kappa shape index (κ1) is 20.0. The summed E-state index contributed by atoms with van der Waals surface area (Å²) < 4.78 is 19.0. The van der Waals surface area contributed by atoms with Gasteiger partial charge in [-0.15, -0.1) is 0 Å². The van der Waals surface area contributed by atoms with Crippen molar-refractivity contribution < 1.29 is 13.9 Å². The third-order valence-corrected chi connectivity index (χ3v) is 5.29. The second-order valence-corrected chi connectivity index (χ2v) is 7.43. The molecule has 3 aromatic carbocycles. The summed E-state index contributed by atoms with van der Waals surface area (Å²) in [6, 6.07) is 21.2. The Morgan fingerprint density at radius 1 is 0.900 bits per heavy atom. The number of nitrogens with one attached hydrogen (secondary N) is 1. The van der Waals surface area contributed by atoms with Crippen LogP contribution in [0.5, 0.6) is 5.75 Å². The molecule has 3 aromatic rings. The largest absolute Gasteiger partial charge is 0.488 e. The van der Waals surface area contributed by atoms with Crippen LogP contribution in [0.1, 0.15) is 35.2 Å². The van der Waals surface area contributed by atoms with Crippen LogP contribution >= 0.6 is 0 Å². The minimum Gasteiger partial charge on any atom is -0.488 e. The van der Waals surface area contributed by atoms with Crippen LogP contribution < -0.4 is 15.0 Å². The van der Waals surface area contributed by atoms with Gasteiger partial charge in [0.15, 0.2) is 0 Å². The van der Waals surface area contributed by atoms with E-state index in [9.17, 15) is 9.18 Å². The Bertz CT molecular complexity index is 998. The Labute approximate surface area is 176 Å². The molecule has 0 radical (unpaired) electrons. The van der Waals surface area contributed by atoms with Crippen molar-refractivity contribution in [3.05, 3.63) is 89.7 Å². The van der Waals surface area contributed by atoms with Crippen LogP contribution in [-0.4, -0.2) is 19.0 Å². The Hall–Kier alpha value is -3.34. The Morgan fingerprint density at radius 3 is 2.40 bits per heavy atom. The zero-order valence-electron chi connectivity index (χ0n) is 16.8. The molecule has 0 unspecified atom stereocenters. The molecule has 0 bridgehead atoms. The number of amides is 1. The summed E-state index contributed by atoms with van der Waals surface area (Å²) in [5.41, 5.74) is 3.16. The molecule has 0 aromatic heterocycles. The van der Waals surface area contributed by atoms with Gasteiger partial charge in [-0.25, -0.2) is 4.39 Å². The number of anilines is 2. The maximum Gasteiger partial charge on any atom is 0.259 e. The lowest BCUT2D eigenvalue weighted by Gasteiger charge is -2.30. The SMILES string of the molecule is O=C(Nc1ccccc1N1CCCCC1)c1ccccc1OCc1ccc(F)cc1. The van der Waals surface area contributed by atoms with Gasteiger partial charge in [0.25, 0.3) is 5.91 Å². The number of nitrogens with zero attached hydrogens (tertiary/aromatic N) is 1. The predicted octanol–water partition coefficient (Wildman–Crippen LogP) is 5.65. The highest BCUT2D eigenvalue weighted by Gasteiger charge is 2.18. The van der Waals surface area contributed by atoms with Crippen molar-refractivity contribution in [2.45, 2.75) is 25.9 Å². The topological polar surface area (TPSA) is 41.6 Å². The maximum absolute atomic E-state index is 13.1. The van der Waals surface area contributed by atoms with Gasteiger partial charge in [-0.2, -0.15) is 0 Å². The average Bonchev–Trinajstić information content (AvgIpc) is 2.80. The lowest BCUT2D eigenvalue weighted by atomic mass is 10.1. The number of hydrogen-bond acceptors (Lipinski definition) is 3.